The number of piperidine rings is 1. The van der Waals surface area contributed by atoms with Crippen LogP contribution in [0.5, 0.6) is 6.01 Å². The predicted octanol–water partition coefficient (Wildman–Crippen LogP) is 6.18. The van der Waals surface area contributed by atoms with E-state index in [4.69, 9.17) is 10.5 Å². The number of aliphatic hydroxyl groups excluding tert-OH is 1. The fourth-order valence-electron chi connectivity index (χ4n) is 7.22. The van der Waals surface area contributed by atoms with Gasteiger partial charge in [0.2, 0.25) is 0 Å². The number of hydrogen-bond acceptors (Lipinski definition) is 9. The van der Waals surface area contributed by atoms with Crippen LogP contribution in [0, 0.1) is 23.0 Å². The average molecular weight is 663 g/mol. The standard InChI is InChI=1S/C31H28F6N6O2S/c32-15-11-30(6-1-7-43(30)13-15)14-45-29-40-25-18(28(41-29)42-8-4-16(44)5-9-42)10-20(31(35,36)37)23(24(25)34)17-2-3-21(33)26-22(17)19(12-38)27(39)46-26/h2-3,10,15-16,44H,1,4-9,11,13-14,39H2. The zero-order valence-corrected chi connectivity index (χ0v) is 25.1. The Kier molecular flexibility index (Phi) is 7.45. The second-order valence-electron chi connectivity index (χ2n) is 12.2. The summed E-state index contributed by atoms with van der Waals surface area (Å²) in [4.78, 5) is 12.4. The minimum Gasteiger partial charge on any atom is -0.461 e. The fraction of sp³-hybridized carbons (Fsp3) is 0.452. The maximum Gasteiger partial charge on any atom is 0.417 e. The van der Waals surface area contributed by atoms with Gasteiger partial charge in [0.05, 0.1) is 27.5 Å². The van der Waals surface area contributed by atoms with Gasteiger partial charge in [-0.05, 0) is 49.9 Å². The molecule has 7 rings (SSSR count). The van der Waals surface area contributed by atoms with Crippen molar-refractivity contribution in [1.29, 1.82) is 5.26 Å². The Morgan fingerprint density at radius 1 is 1.17 bits per heavy atom. The maximum absolute atomic E-state index is 16.8. The van der Waals surface area contributed by atoms with Crippen LogP contribution in [-0.4, -0.2) is 70.6 Å². The van der Waals surface area contributed by atoms with Crippen LogP contribution in [-0.2, 0) is 6.18 Å². The van der Waals surface area contributed by atoms with Crippen molar-refractivity contribution in [3.05, 3.63) is 41.0 Å². The highest BCUT2D eigenvalue weighted by Gasteiger charge is 2.49. The summed E-state index contributed by atoms with van der Waals surface area (Å²) in [5.41, 5.74) is 1.95. The van der Waals surface area contributed by atoms with E-state index in [1.807, 2.05) is 11.0 Å². The number of fused-ring (bicyclic) bond motifs is 3. The molecular weight excluding hydrogens is 634 g/mol. The van der Waals surface area contributed by atoms with E-state index in [-0.39, 0.29) is 76.1 Å². The lowest BCUT2D eigenvalue weighted by Gasteiger charge is -2.32. The summed E-state index contributed by atoms with van der Waals surface area (Å²) >= 11 is 0.684. The molecule has 15 heteroatoms. The van der Waals surface area contributed by atoms with Crippen LogP contribution in [0.15, 0.2) is 18.2 Å². The highest BCUT2D eigenvalue weighted by molar-refractivity contribution is 7.23. The van der Waals surface area contributed by atoms with Crippen LogP contribution in [0.25, 0.3) is 32.1 Å². The van der Waals surface area contributed by atoms with Crippen molar-refractivity contribution in [2.45, 2.75) is 56.1 Å². The second-order valence-corrected chi connectivity index (χ2v) is 13.2. The number of nitriles is 1. The molecule has 0 bridgehead atoms. The first-order chi connectivity index (χ1) is 21.9. The van der Waals surface area contributed by atoms with E-state index in [9.17, 15) is 32.3 Å². The number of ether oxygens (including phenoxy) is 1. The highest BCUT2D eigenvalue weighted by atomic mass is 32.1. The molecule has 0 spiro atoms. The number of benzene rings is 2. The molecule has 2 atom stereocenters. The first kappa shape index (κ1) is 30.8. The average Bonchev–Trinajstić information content (AvgIpc) is 3.65. The zero-order chi connectivity index (χ0) is 32.5. The number of nitrogens with two attached hydrogens (primary N) is 1. The van der Waals surface area contributed by atoms with E-state index in [2.05, 4.69) is 9.97 Å². The fourth-order valence-corrected chi connectivity index (χ4v) is 8.17. The van der Waals surface area contributed by atoms with Gasteiger partial charge in [-0.2, -0.15) is 28.4 Å². The van der Waals surface area contributed by atoms with Crippen LogP contribution < -0.4 is 15.4 Å². The lowest BCUT2D eigenvalue weighted by molar-refractivity contribution is -0.137. The maximum atomic E-state index is 16.8. The molecule has 3 saturated heterocycles. The molecule has 3 fully saturated rings. The van der Waals surface area contributed by atoms with Crippen molar-refractivity contribution in [3.63, 3.8) is 0 Å². The van der Waals surface area contributed by atoms with Crippen LogP contribution in [0.2, 0.25) is 0 Å². The normalized spacial score (nSPS) is 22.6. The molecule has 0 aliphatic carbocycles. The summed E-state index contributed by atoms with van der Waals surface area (Å²) < 4.78 is 96.3. The Morgan fingerprint density at radius 2 is 1.93 bits per heavy atom. The number of anilines is 2. The molecule has 46 heavy (non-hydrogen) atoms. The molecule has 2 aromatic carbocycles. The van der Waals surface area contributed by atoms with Crippen LogP contribution >= 0.6 is 11.3 Å². The van der Waals surface area contributed by atoms with Gasteiger partial charge >= 0.3 is 12.2 Å². The second kappa shape index (κ2) is 11.1. The molecular formula is C31H28F6N6O2S. The molecule has 5 heterocycles. The Hall–Kier alpha value is -3.87. The summed E-state index contributed by atoms with van der Waals surface area (Å²) in [6.07, 6.45) is -4.32. The van der Waals surface area contributed by atoms with Gasteiger partial charge in [0.25, 0.3) is 0 Å². The number of rotatable bonds is 5. The first-order valence-corrected chi connectivity index (χ1v) is 15.7. The molecule has 3 N–H and O–H groups in total. The van der Waals surface area contributed by atoms with Crippen LogP contribution in [0.4, 0.5) is 37.2 Å². The van der Waals surface area contributed by atoms with Crippen molar-refractivity contribution in [1.82, 2.24) is 14.9 Å². The van der Waals surface area contributed by atoms with Gasteiger partial charge in [-0.25, -0.2) is 13.2 Å². The third-order valence-electron chi connectivity index (χ3n) is 9.39. The number of nitrogens with zero attached hydrogens (tertiary/aromatic N) is 5. The number of aromatic nitrogens is 2. The van der Waals surface area contributed by atoms with Crippen molar-refractivity contribution in [3.8, 4) is 23.2 Å². The molecule has 8 nitrogen and oxygen atoms in total. The van der Waals surface area contributed by atoms with E-state index < -0.39 is 52.3 Å². The van der Waals surface area contributed by atoms with E-state index in [1.165, 1.54) is 0 Å². The molecule has 242 valence electrons. The van der Waals surface area contributed by atoms with E-state index in [0.717, 1.165) is 24.6 Å². The highest BCUT2D eigenvalue weighted by Crippen LogP contribution is 2.48. The predicted molar refractivity (Wildman–Crippen MR) is 160 cm³/mol. The van der Waals surface area contributed by atoms with Crippen molar-refractivity contribution in [2.75, 3.05) is 43.4 Å². The number of nitrogen functional groups attached to an aromatic ring is 1. The quantitative estimate of drug-likeness (QED) is 0.244. The number of thiophene rings is 1. The Bertz CT molecular complexity index is 1900. The molecule has 0 radical (unpaired) electrons. The minimum atomic E-state index is -5.08. The molecule has 0 amide bonds. The summed E-state index contributed by atoms with van der Waals surface area (Å²) in [5, 5.41) is 19.3. The molecule has 3 aliphatic rings. The third-order valence-corrected chi connectivity index (χ3v) is 10.4. The smallest absolute Gasteiger partial charge is 0.417 e. The molecule has 2 unspecified atom stereocenters. The first-order valence-electron chi connectivity index (χ1n) is 14.9. The molecule has 3 aliphatic heterocycles. The molecule has 0 saturated carbocycles. The number of halogens is 6. The van der Waals surface area contributed by atoms with E-state index >= 15 is 4.39 Å². The van der Waals surface area contributed by atoms with Gasteiger partial charge in [-0.3, -0.25) is 4.90 Å². The topological polar surface area (TPSA) is 112 Å². The summed E-state index contributed by atoms with van der Waals surface area (Å²) in [7, 11) is 0. The van der Waals surface area contributed by atoms with Gasteiger partial charge in [0.15, 0.2) is 5.82 Å². The van der Waals surface area contributed by atoms with Crippen molar-refractivity contribution < 1.29 is 36.2 Å². The van der Waals surface area contributed by atoms with E-state index in [0.29, 0.717) is 37.1 Å². The monoisotopic (exact) mass is 662 g/mol. The lowest BCUT2D eigenvalue weighted by atomic mass is 9.92. The van der Waals surface area contributed by atoms with Gasteiger partial charge in [0, 0.05) is 42.4 Å². The molecule has 4 aromatic rings. The minimum absolute atomic E-state index is 0.000151. The number of hydrogen-bond donors (Lipinski definition) is 2. The summed E-state index contributed by atoms with van der Waals surface area (Å²) in [6, 6.07) is 4.19. The Morgan fingerprint density at radius 3 is 2.65 bits per heavy atom. The van der Waals surface area contributed by atoms with Gasteiger partial charge in [-0.15, -0.1) is 11.3 Å². The van der Waals surface area contributed by atoms with Gasteiger partial charge < -0.3 is 20.5 Å². The van der Waals surface area contributed by atoms with Crippen LogP contribution in [0.1, 0.15) is 43.2 Å². The van der Waals surface area contributed by atoms with Gasteiger partial charge in [-0.1, -0.05) is 6.07 Å². The number of alkyl halides is 4. The van der Waals surface area contributed by atoms with E-state index in [1.54, 1.807) is 4.90 Å². The largest absolute Gasteiger partial charge is 0.461 e. The van der Waals surface area contributed by atoms with Crippen molar-refractivity contribution >= 4 is 43.1 Å². The van der Waals surface area contributed by atoms with Crippen LogP contribution in [0.3, 0.4) is 0 Å². The Labute approximate surface area is 263 Å². The molecule has 2 aromatic heterocycles. The summed E-state index contributed by atoms with van der Waals surface area (Å²) in [6.45, 7) is 1.44. The lowest BCUT2D eigenvalue weighted by Crippen LogP contribution is -2.43. The summed E-state index contributed by atoms with van der Waals surface area (Å²) in [5.74, 6) is -2.18. The zero-order valence-electron chi connectivity index (χ0n) is 24.3. The van der Waals surface area contributed by atoms with Crippen molar-refractivity contribution in [2.24, 2.45) is 0 Å². The third kappa shape index (κ3) is 4.98. The number of aliphatic hydroxyl groups is 1. The SMILES string of the molecule is N#Cc1c(N)sc2c(F)ccc(-c3c(C(F)(F)F)cc4c(N5CCC(O)CC5)nc(OCC56CCCN5CC(F)C6)nc4c3F)c12. The Balaban J connectivity index is 1.45. The van der Waals surface area contributed by atoms with Gasteiger partial charge in [0.1, 0.15) is 41.0 Å².